The number of ether oxygens (including phenoxy) is 1. The van der Waals surface area contributed by atoms with Gasteiger partial charge in [0.15, 0.2) is 10.8 Å². The molecular formula is C16H17N5NaO7S2. The van der Waals surface area contributed by atoms with E-state index in [0.29, 0.717) is 5.57 Å². The molecule has 2 aliphatic heterocycles. The fourth-order valence-corrected chi connectivity index (χ4v) is 4.76. The minimum Gasteiger partial charge on any atom is -0.477 e. The molecule has 2 atom stereocenters. The number of thioether (sulfide) groups is 1. The minimum absolute atomic E-state index is 0. The summed E-state index contributed by atoms with van der Waals surface area (Å²) in [6.07, 6.45) is 0. The van der Waals surface area contributed by atoms with Gasteiger partial charge in [-0.15, -0.1) is 23.1 Å². The third-order valence-electron chi connectivity index (χ3n) is 4.15. The predicted molar refractivity (Wildman–Crippen MR) is 112 cm³/mol. The van der Waals surface area contributed by atoms with Gasteiger partial charge in [-0.3, -0.25) is 19.3 Å². The second-order valence-corrected chi connectivity index (χ2v) is 8.09. The van der Waals surface area contributed by atoms with Crippen molar-refractivity contribution in [1.82, 2.24) is 15.2 Å². The third kappa shape index (κ3) is 5.20. The summed E-state index contributed by atoms with van der Waals surface area (Å²) in [5, 5.41) is 16.9. The number of carboxylic acid groups (broad SMARTS) is 1. The van der Waals surface area contributed by atoms with E-state index in [-0.39, 0.29) is 64.2 Å². The van der Waals surface area contributed by atoms with E-state index < -0.39 is 35.2 Å². The minimum atomic E-state index is -1.32. The number of carbonyl (C=O) groups excluding carboxylic acids is 3. The molecule has 0 bridgehead atoms. The molecule has 3 heterocycles. The number of nitrogens with two attached hydrogens (primary N) is 1. The summed E-state index contributed by atoms with van der Waals surface area (Å²) < 4.78 is 4.88. The average Bonchev–Trinajstić information content (AvgIpc) is 3.13. The number of aliphatic carboxylic acids is 1. The van der Waals surface area contributed by atoms with Gasteiger partial charge >= 0.3 is 11.9 Å². The Kier molecular flexibility index (Phi) is 8.48. The van der Waals surface area contributed by atoms with E-state index in [1.165, 1.54) is 31.2 Å². The first-order valence-corrected chi connectivity index (χ1v) is 10.3. The van der Waals surface area contributed by atoms with Gasteiger partial charge in [-0.05, 0) is 0 Å². The third-order valence-corrected chi connectivity index (χ3v) is 6.16. The summed E-state index contributed by atoms with van der Waals surface area (Å²) >= 11 is 2.35. The standard InChI is InChI=1S/C16H17N5O7S2.Na/c1-6(22)28-3-7-4-29-14-10(13(24)21(14)11(7)15(25)26)19-12(23)9(20-27-2)8-5-30-16(17)18-8;/h5,10,14H,3-4H2,1-2H3,(H2,17,18)(H,19,23)(H,25,26);/b20-9-;/t10-,14-;/m1./s1. The number of amides is 2. The molecule has 1 radical (unpaired) electrons. The van der Waals surface area contributed by atoms with Gasteiger partial charge in [0, 0.05) is 53.2 Å². The fraction of sp³-hybridized carbons (Fsp3) is 0.375. The van der Waals surface area contributed by atoms with Crippen molar-refractivity contribution < 1.29 is 33.9 Å². The Morgan fingerprint density at radius 3 is 2.71 bits per heavy atom. The van der Waals surface area contributed by atoms with Crippen LogP contribution in [0.3, 0.4) is 0 Å². The molecule has 1 fully saturated rings. The molecule has 31 heavy (non-hydrogen) atoms. The van der Waals surface area contributed by atoms with Crippen LogP contribution in [-0.2, 0) is 28.8 Å². The van der Waals surface area contributed by atoms with Crippen LogP contribution in [0.25, 0.3) is 0 Å². The number of fused-ring (bicyclic) bond motifs is 1. The molecule has 15 heteroatoms. The van der Waals surface area contributed by atoms with E-state index in [4.69, 9.17) is 10.5 Å². The number of nitrogen functional groups attached to an aromatic ring is 1. The van der Waals surface area contributed by atoms with E-state index in [2.05, 4.69) is 20.3 Å². The Labute approximate surface area is 206 Å². The SMILES string of the molecule is CO/N=C(\C(=O)N[C@@H]1C(=O)N2C(C(=O)O)=C(COC(C)=O)CS[C@H]12)c1csc(N)n1.[Na]. The molecule has 3 rings (SSSR count). The molecule has 0 aliphatic carbocycles. The Balaban J connectivity index is 0.00000341. The normalized spacial score (nSPS) is 20.3. The molecule has 1 aromatic rings. The molecule has 161 valence electrons. The maximum absolute atomic E-state index is 12.7. The van der Waals surface area contributed by atoms with Crippen LogP contribution >= 0.6 is 23.1 Å². The predicted octanol–water partition coefficient (Wildman–Crippen LogP) is -1.00. The Hall–Kier alpha value is -2.13. The number of carboxylic acids is 1. The zero-order chi connectivity index (χ0) is 22.0. The van der Waals surface area contributed by atoms with Gasteiger partial charge in [0.05, 0.1) is 0 Å². The van der Waals surface area contributed by atoms with Crippen LogP contribution in [-0.4, -0.2) is 105 Å². The number of rotatable bonds is 7. The van der Waals surface area contributed by atoms with Crippen LogP contribution < -0.4 is 11.1 Å². The summed E-state index contributed by atoms with van der Waals surface area (Å²) in [4.78, 5) is 57.8. The van der Waals surface area contributed by atoms with Crippen molar-refractivity contribution in [3.8, 4) is 0 Å². The number of hydrogen-bond acceptors (Lipinski definition) is 11. The van der Waals surface area contributed by atoms with E-state index in [1.54, 1.807) is 0 Å². The molecule has 0 unspecified atom stereocenters. The molecule has 2 aliphatic rings. The summed E-state index contributed by atoms with van der Waals surface area (Å²) in [6.45, 7) is 0.975. The van der Waals surface area contributed by atoms with Crippen LogP contribution in [0.2, 0.25) is 0 Å². The number of hydrogen-bond donors (Lipinski definition) is 3. The Morgan fingerprint density at radius 1 is 1.45 bits per heavy atom. The number of thiazole rings is 1. The van der Waals surface area contributed by atoms with Gasteiger partial charge in [-0.25, -0.2) is 9.78 Å². The first-order valence-electron chi connectivity index (χ1n) is 8.41. The van der Waals surface area contributed by atoms with Crippen molar-refractivity contribution in [3.05, 3.63) is 22.3 Å². The monoisotopic (exact) mass is 478 g/mol. The number of oxime groups is 1. The molecule has 2 amide bonds. The summed E-state index contributed by atoms with van der Waals surface area (Å²) in [6, 6.07) is -0.967. The van der Waals surface area contributed by atoms with Crippen molar-refractivity contribution in [1.29, 1.82) is 0 Å². The van der Waals surface area contributed by atoms with Crippen molar-refractivity contribution in [2.45, 2.75) is 18.3 Å². The number of esters is 1. The molecule has 1 aromatic heterocycles. The number of nitrogens with zero attached hydrogens (tertiary/aromatic N) is 3. The summed E-state index contributed by atoms with van der Waals surface area (Å²) in [7, 11) is 1.25. The van der Waals surface area contributed by atoms with Crippen LogP contribution in [0, 0.1) is 0 Å². The number of anilines is 1. The zero-order valence-corrected chi connectivity index (χ0v) is 20.4. The number of nitrogens with one attached hydrogen (secondary N) is 1. The first-order chi connectivity index (χ1) is 14.2. The molecule has 0 saturated carbocycles. The number of β-lactam (4-membered cyclic amide) rings is 1. The van der Waals surface area contributed by atoms with Crippen molar-refractivity contribution in [2.75, 3.05) is 25.2 Å². The zero-order valence-electron chi connectivity index (χ0n) is 16.8. The average molecular weight is 478 g/mol. The number of aromatic nitrogens is 1. The van der Waals surface area contributed by atoms with Crippen molar-refractivity contribution >= 4 is 87.3 Å². The van der Waals surface area contributed by atoms with E-state index in [0.717, 1.165) is 16.2 Å². The summed E-state index contributed by atoms with van der Waals surface area (Å²) in [5.74, 6) is -2.98. The largest absolute Gasteiger partial charge is 0.477 e. The van der Waals surface area contributed by atoms with Crippen LogP contribution in [0.4, 0.5) is 5.13 Å². The van der Waals surface area contributed by atoms with Gasteiger partial charge in [-0.2, -0.15) is 0 Å². The van der Waals surface area contributed by atoms with E-state index >= 15 is 0 Å². The molecule has 0 spiro atoms. The Bertz CT molecular complexity index is 979. The van der Waals surface area contributed by atoms with Crippen LogP contribution in [0.5, 0.6) is 0 Å². The van der Waals surface area contributed by atoms with Gasteiger partial charge in [0.1, 0.15) is 36.5 Å². The van der Waals surface area contributed by atoms with E-state index in [9.17, 15) is 24.3 Å². The molecule has 4 N–H and O–H groups in total. The van der Waals surface area contributed by atoms with E-state index in [1.807, 2.05) is 0 Å². The van der Waals surface area contributed by atoms with Gasteiger partial charge < -0.3 is 25.7 Å². The fourth-order valence-electron chi connectivity index (χ4n) is 2.88. The topological polar surface area (TPSA) is 174 Å². The van der Waals surface area contributed by atoms with Crippen molar-refractivity contribution in [3.63, 3.8) is 0 Å². The van der Waals surface area contributed by atoms with Gasteiger partial charge in [0.2, 0.25) is 0 Å². The second kappa shape index (κ2) is 10.5. The molecule has 0 aromatic carbocycles. The molecule has 1 saturated heterocycles. The summed E-state index contributed by atoms with van der Waals surface area (Å²) in [5.41, 5.74) is 5.67. The van der Waals surface area contributed by atoms with Crippen LogP contribution in [0.15, 0.2) is 21.8 Å². The van der Waals surface area contributed by atoms with Gasteiger partial charge in [0.25, 0.3) is 11.8 Å². The number of carbonyl (C=O) groups is 4. The Morgan fingerprint density at radius 2 is 2.16 bits per heavy atom. The quantitative estimate of drug-likeness (QED) is 0.145. The van der Waals surface area contributed by atoms with Gasteiger partial charge in [-0.1, -0.05) is 5.16 Å². The van der Waals surface area contributed by atoms with Crippen molar-refractivity contribution in [2.24, 2.45) is 5.16 Å². The molecular weight excluding hydrogens is 461 g/mol. The maximum Gasteiger partial charge on any atom is 0.352 e. The smallest absolute Gasteiger partial charge is 0.352 e. The first kappa shape index (κ1) is 25.1. The van der Waals surface area contributed by atoms with Crippen LogP contribution in [0.1, 0.15) is 12.6 Å². The maximum atomic E-state index is 12.7. The second-order valence-electron chi connectivity index (χ2n) is 6.09. The molecule has 12 nitrogen and oxygen atoms in total.